The van der Waals surface area contributed by atoms with E-state index in [-0.39, 0.29) is 47.0 Å². The van der Waals surface area contributed by atoms with Crippen LogP contribution in [-0.4, -0.2) is 111 Å². The molecule has 10 atom stereocenters. The average molecular weight is 939 g/mol. The number of hydrogen-bond acceptors (Lipinski definition) is 18. The van der Waals surface area contributed by atoms with Crippen LogP contribution >= 0.6 is 38.1 Å². The lowest BCUT2D eigenvalue weighted by atomic mass is 9.93. The summed E-state index contributed by atoms with van der Waals surface area (Å²) in [5.41, 5.74) is -1.66. The SMILES string of the molecule is CC[C@@]12CO[P@@](=O)(S)O[C@H]3[C@H]4OC[C@]3(CO[P@@](=O)(S)O[C@H]1[C@@H](O)[C@H](n1cnc3c(NC(=O)c5ccccc5)ncnc31)O2)O[C@H]4n1cnc2c(NC(=O)c3ccccc3)ncnc21. The molecule has 0 saturated carbocycles. The Morgan fingerprint density at radius 1 is 0.730 bits per heavy atom. The largest absolute Gasteiger partial charge is 0.386 e. The number of carbonyl (C=O) groups excluding carboxylic acids is 2. The van der Waals surface area contributed by atoms with Gasteiger partial charge in [0.2, 0.25) is 0 Å². The van der Waals surface area contributed by atoms with E-state index >= 15 is 0 Å². The molecule has 0 aliphatic carbocycles. The van der Waals surface area contributed by atoms with E-state index in [9.17, 15) is 23.8 Å². The quantitative estimate of drug-likeness (QED) is 0.107. The molecule has 63 heavy (non-hydrogen) atoms. The van der Waals surface area contributed by atoms with Crippen molar-refractivity contribution in [2.75, 3.05) is 30.5 Å². The summed E-state index contributed by atoms with van der Waals surface area (Å²) in [5, 5.41) is 17.5. The van der Waals surface area contributed by atoms with Crippen molar-refractivity contribution in [2.24, 2.45) is 0 Å². The number of imidazole rings is 2. The number of anilines is 2. The number of nitrogens with one attached hydrogen (secondary N) is 2. The zero-order valence-corrected chi connectivity index (χ0v) is 36.3. The predicted molar refractivity (Wildman–Crippen MR) is 226 cm³/mol. The molecular weight excluding hydrogens is 903 g/mol. The second-order valence-electron chi connectivity index (χ2n) is 15.0. The van der Waals surface area contributed by atoms with E-state index < -0.39 is 86.7 Å². The van der Waals surface area contributed by atoms with Crippen LogP contribution in [0.5, 0.6) is 0 Å². The zero-order valence-electron chi connectivity index (χ0n) is 32.7. The lowest BCUT2D eigenvalue weighted by molar-refractivity contribution is -0.183. The lowest BCUT2D eigenvalue weighted by Crippen LogP contribution is -2.49. The maximum Gasteiger partial charge on any atom is 0.386 e. The highest BCUT2D eigenvalue weighted by molar-refractivity contribution is 8.44. The number of amides is 2. The van der Waals surface area contributed by atoms with E-state index in [2.05, 4.69) is 65.0 Å². The molecular formula is C37H36N10O12P2S2. The number of fused-ring (bicyclic) bond motifs is 3. The molecule has 8 heterocycles. The van der Waals surface area contributed by atoms with Crippen LogP contribution in [-0.2, 0) is 41.4 Å². The topological polar surface area (TPSA) is 264 Å². The Morgan fingerprint density at radius 3 is 1.81 bits per heavy atom. The fourth-order valence-electron chi connectivity index (χ4n) is 8.12. The van der Waals surface area contributed by atoms with Gasteiger partial charge in [0.1, 0.15) is 48.3 Å². The van der Waals surface area contributed by atoms with E-state index in [4.69, 9.17) is 32.3 Å². The molecule has 6 aromatic rings. The first kappa shape index (κ1) is 42.3. The smallest absolute Gasteiger partial charge is 0.386 e. The van der Waals surface area contributed by atoms with Crippen LogP contribution < -0.4 is 10.6 Å². The molecule has 0 spiro atoms. The number of thiol groups is 2. The highest BCUT2D eigenvalue weighted by Crippen LogP contribution is 2.64. The number of nitrogens with zero attached hydrogens (tertiary/aromatic N) is 8. The second kappa shape index (κ2) is 16.1. The molecule has 4 aliphatic rings. The highest BCUT2D eigenvalue weighted by atomic mass is 32.7. The maximum absolute atomic E-state index is 14.3. The standard InChI is InChI=1S/C37H36N10O12P2S2/c1-2-36-14-54-61(52,63)59-27-25-35(47-19-43-23-29(39-17-41-31(23)47)45-33(50)21-11-7-4-8-12-21)57-37(27,13-53-25)15-55-60(51,62)58-26(36)24(48)34(56-36)46-18-42-22-28(38-16-40-30(22)46)44-32(49)20-9-5-3-6-10-20/h3-12,16-19,24-27,34-35,48H,2,13-15H2,1H3,(H,51,62)(H,52,63)(H,38,40,44,49)(H,39,41,45,50)/t24-,25-,26+,27+,34-,35-,36-,37-,60-,61-/m1/s1. The van der Waals surface area contributed by atoms with Crippen molar-refractivity contribution in [1.82, 2.24) is 39.0 Å². The third kappa shape index (κ3) is 7.56. The van der Waals surface area contributed by atoms with Crippen LogP contribution in [0.1, 0.15) is 46.5 Å². The summed E-state index contributed by atoms with van der Waals surface area (Å²) in [6, 6.07) is 17.1. The molecule has 10 rings (SSSR count). The first-order valence-corrected chi connectivity index (χ1v) is 24.7. The Morgan fingerprint density at radius 2 is 1.25 bits per heavy atom. The minimum atomic E-state index is -4.45. The first-order valence-electron chi connectivity index (χ1n) is 19.3. The number of aliphatic hydroxyl groups excluding tert-OH is 1. The molecule has 26 heteroatoms. The monoisotopic (exact) mass is 938 g/mol. The molecule has 22 nitrogen and oxygen atoms in total. The molecule has 2 bridgehead atoms. The summed E-state index contributed by atoms with van der Waals surface area (Å²) >= 11 is 8.66. The molecule has 4 fully saturated rings. The minimum absolute atomic E-state index is 0.0421. The summed E-state index contributed by atoms with van der Waals surface area (Å²) in [5.74, 6) is -0.623. The highest BCUT2D eigenvalue weighted by Gasteiger charge is 2.66. The number of aromatic nitrogens is 8. The Hall–Kier alpha value is -4.68. The molecule has 4 aromatic heterocycles. The van der Waals surface area contributed by atoms with E-state index in [1.807, 2.05) is 0 Å². The number of ether oxygens (including phenoxy) is 3. The third-order valence-electron chi connectivity index (χ3n) is 11.3. The molecule has 0 radical (unpaired) electrons. The van der Waals surface area contributed by atoms with Crippen LogP contribution in [0.4, 0.5) is 11.6 Å². The Kier molecular flexibility index (Phi) is 10.8. The Labute approximate surface area is 366 Å². The van der Waals surface area contributed by atoms with Gasteiger partial charge in [-0.05, 0) is 30.7 Å². The number of aliphatic hydroxyl groups is 1. The number of benzene rings is 2. The molecule has 2 amide bonds. The molecule has 3 N–H and O–H groups in total. The normalized spacial score (nSPS) is 33.0. The van der Waals surface area contributed by atoms with Crippen LogP contribution in [0.25, 0.3) is 22.3 Å². The maximum atomic E-state index is 14.3. The van der Waals surface area contributed by atoms with Crippen molar-refractivity contribution in [3.63, 3.8) is 0 Å². The van der Waals surface area contributed by atoms with Gasteiger partial charge in [0.05, 0.1) is 32.5 Å². The lowest BCUT2D eigenvalue weighted by Gasteiger charge is -2.37. The first-order chi connectivity index (χ1) is 30.3. The van der Waals surface area contributed by atoms with Crippen molar-refractivity contribution in [3.05, 3.63) is 97.1 Å². The van der Waals surface area contributed by atoms with Crippen LogP contribution in [0, 0.1) is 0 Å². The molecule has 2 aromatic carbocycles. The van der Waals surface area contributed by atoms with Crippen molar-refractivity contribution in [2.45, 2.75) is 61.4 Å². The summed E-state index contributed by atoms with van der Waals surface area (Å²) < 4.78 is 74.7. The fourth-order valence-corrected chi connectivity index (χ4v) is 11.2. The summed E-state index contributed by atoms with van der Waals surface area (Å²) in [7, 11) is 0. The van der Waals surface area contributed by atoms with Crippen LogP contribution in [0.3, 0.4) is 0 Å². The van der Waals surface area contributed by atoms with E-state index in [0.717, 1.165) is 0 Å². The Balaban J connectivity index is 0.922. The van der Waals surface area contributed by atoms with E-state index in [0.29, 0.717) is 11.1 Å². The number of carbonyl (C=O) groups is 2. The summed E-state index contributed by atoms with van der Waals surface area (Å²) in [6.45, 7) is -8.41. The van der Waals surface area contributed by atoms with Gasteiger partial charge < -0.3 is 30.0 Å². The number of hydrogen-bond donors (Lipinski definition) is 5. The van der Waals surface area contributed by atoms with Crippen molar-refractivity contribution in [1.29, 1.82) is 0 Å². The summed E-state index contributed by atoms with van der Waals surface area (Å²) in [4.78, 5) is 52.0. The average Bonchev–Trinajstić information content (AvgIpc) is 4.10. The van der Waals surface area contributed by atoms with Crippen LogP contribution in [0.15, 0.2) is 86.0 Å². The zero-order chi connectivity index (χ0) is 43.7. The fraction of sp³-hybridized carbons (Fsp3) is 0.351. The predicted octanol–water partition coefficient (Wildman–Crippen LogP) is 4.77. The third-order valence-corrected chi connectivity index (χ3v) is 14.4. The van der Waals surface area contributed by atoms with E-state index in [1.54, 1.807) is 67.6 Å². The van der Waals surface area contributed by atoms with Crippen molar-refractivity contribution in [3.8, 4) is 0 Å². The molecule has 4 aliphatic heterocycles. The van der Waals surface area contributed by atoms with Gasteiger partial charge in [-0.3, -0.25) is 36.8 Å². The minimum Gasteiger partial charge on any atom is -0.386 e. The summed E-state index contributed by atoms with van der Waals surface area (Å²) in [6.07, 6.45) is -2.45. The van der Waals surface area contributed by atoms with Gasteiger partial charge in [-0.2, -0.15) is 0 Å². The molecule has 328 valence electrons. The second-order valence-corrected chi connectivity index (χ2v) is 20.8. The Bertz CT molecular complexity index is 2850. The van der Waals surface area contributed by atoms with Gasteiger partial charge in [-0.25, -0.2) is 39.0 Å². The molecule has 4 saturated heterocycles. The van der Waals surface area contributed by atoms with Gasteiger partial charge in [0.15, 0.2) is 46.4 Å². The van der Waals surface area contributed by atoms with Gasteiger partial charge in [0, 0.05) is 11.1 Å². The van der Waals surface area contributed by atoms with E-state index in [1.165, 1.54) is 34.4 Å². The van der Waals surface area contributed by atoms with Crippen molar-refractivity contribution >= 4 is 83.9 Å². The van der Waals surface area contributed by atoms with Gasteiger partial charge in [0.25, 0.3) is 11.8 Å². The van der Waals surface area contributed by atoms with Crippen molar-refractivity contribution < 1.29 is 56.1 Å². The van der Waals surface area contributed by atoms with Crippen LogP contribution in [0.2, 0.25) is 0 Å². The van der Waals surface area contributed by atoms with Gasteiger partial charge in [-0.15, -0.1) is 0 Å². The number of rotatable bonds is 7. The van der Waals surface area contributed by atoms with Gasteiger partial charge >= 0.3 is 13.6 Å². The van der Waals surface area contributed by atoms with Gasteiger partial charge in [-0.1, -0.05) is 67.8 Å². The molecule has 0 unspecified atom stereocenters.